The maximum absolute atomic E-state index is 12.6. The Kier molecular flexibility index (Phi) is 7.69. The van der Waals surface area contributed by atoms with Crippen LogP contribution in [0.25, 0.3) is 6.08 Å². The minimum Gasteiger partial charge on any atom is -0.378 e. The molecule has 8 heteroatoms. The predicted molar refractivity (Wildman–Crippen MR) is 131 cm³/mol. The van der Waals surface area contributed by atoms with E-state index in [-0.39, 0.29) is 16.2 Å². The van der Waals surface area contributed by atoms with Crippen LogP contribution >= 0.6 is 15.9 Å². The average Bonchev–Trinajstić information content (AvgIpc) is 2.79. The molecule has 3 aromatic carbocycles. The van der Waals surface area contributed by atoms with Crippen molar-refractivity contribution in [2.75, 3.05) is 5.32 Å². The Morgan fingerprint density at radius 3 is 2.45 bits per heavy atom. The Balaban J connectivity index is 1.81. The molecule has 0 aliphatic rings. The van der Waals surface area contributed by atoms with E-state index in [0.29, 0.717) is 15.7 Å². The zero-order valence-corrected chi connectivity index (χ0v) is 20.4. The second-order valence-electron chi connectivity index (χ2n) is 7.18. The first kappa shape index (κ1) is 24.2. The normalized spacial score (nSPS) is 11.5. The maximum Gasteiger partial charge on any atom is 0.339 e. The zero-order valence-electron chi connectivity index (χ0n) is 18.0. The van der Waals surface area contributed by atoms with Crippen molar-refractivity contribution in [3.63, 3.8) is 0 Å². The van der Waals surface area contributed by atoms with Crippen LogP contribution in [0, 0.1) is 18.3 Å². The van der Waals surface area contributed by atoms with Crippen LogP contribution < -0.4 is 9.50 Å². The molecule has 0 aliphatic carbocycles. The third kappa shape index (κ3) is 6.09. The van der Waals surface area contributed by atoms with Gasteiger partial charge in [0.25, 0.3) is 5.91 Å². The van der Waals surface area contributed by atoms with Gasteiger partial charge in [-0.25, -0.2) is 0 Å². The molecule has 0 aliphatic heterocycles. The summed E-state index contributed by atoms with van der Waals surface area (Å²) in [6, 6.07) is 20.2. The summed E-state index contributed by atoms with van der Waals surface area (Å²) in [4.78, 5) is 12.7. The van der Waals surface area contributed by atoms with Gasteiger partial charge in [-0.15, -0.1) is 0 Å². The molecular formula is C25H21BrN2O4S. The SMILES string of the molecule is CCc1ccccc1NC(=O)/C(C#N)=C/c1ccc(OS(=O)(=O)c2ccc(C)cc2)c(Br)c1. The second-order valence-corrected chi connectivity index (χ2v) is 9.58. The maximum atomic E-state index is 12.6. The van der Waals surface area contributed by atoms with Crippen LogP contribution in [-0.4, -0.2) is 14.3 Å². The van der Waals surface area contributed by atoms with Crippen molar-refractivity contribution in [2.45, 2.75) is 25.2 Å². The van der Waals surface area contributed by atoms with Crippen LogP contribution in [0.1, 0.15) is 23.6 Å². The minimum atomic E-state index is -4.01. The van der Waals surface area contributed by atoms with E-state index in [4.69, 9.17) is 4.18 Å². The first-order valence-corrected chi connectivity index (χ1v) is 12.3. The smallest absolute Gasteiger partial charge is 0.339 e. The van der Waals surface area contributed by atoms with Gasteiger partial charge in [-0.2, -0.15) is 13.7 Å². The van der Waals surface area contributed by atoms with Crippen LogP contribution in [0.15, 0.2) is 81.7 Å². The lowest BCUT2D eigenvalue weighted by molar-refractivity contribution is -0.112. The molecule has 0 heterocycles. The molecule has 0 fully saturated rings. The number of amides is 1. The van der Waals surface area contributed by atoms with Gasteiger partial charge in [-0.1, -0.05) is 48.9 Å². The van der Waals surface area contributed by atoms with Gasteiger partial charge in [-0.05, 0) is 76.8 Å². The number of rotatable bonds is 7. The third-order valence-electron chi connectivity index (χ3n) is 4.79. The molecule has 3 aromatic rings. The molecule has 0 unspecified atom stereocenters. The Bertz CT molecular complexity index is 1360. The monoisotopic (exact) mass is 524 g/mol. The van der Waals surface area contributed by atoms with Crippen molar-refractivity contribution >= 4 is 43.7 Å². The molecule has 0 radical (unpaired) electrons. The highest BCUT2D eigenvalue weighted by Gasteiger charge is 2.18. The van der Waals surface area contributed by atoms with E-state index in [1.807, 2.05) is 38.1 Å². The van der Waals surface area contributed by atoms with Crippen LogP contribution in [-0.2, 0) is 21.3 Å². The summed E-state index contributed by atoms with van der Waals surface area (Å²) in [6.07, 6.45) is 2.16. The summed E-state index contributed by atoms with van der Waals surface area (Å²) in [7, 11) is -4.01. The highest BCUT2D eigenvalue weighted by Crippen LogP contribution is 2.30. The number of para-hydroxylation sites is 1. The van der Waals surface area contributed by atoms with Crippen molar-refractivity contribution in [3.05, 3.63) is 93.5 Å². The summed E-state index contributed by atoms with van der Waals surface area (Å²) in [5, 5.41) is 12.3. The van der Waals surface area contributed by atoms with Gasteiger partial charge in [0.15, 0.2) is 5.75 Å². The number of hydrogen-bond donors (Lipinski definition) is 1. The van der Waals surface area contributed by atoms with E-state index in [1.165, 1.54) is 24.3 Å². The third-order valence-corrected chi connectivity index (χ3v) is 6.66. The first-order valence-electron chi connectivity index (χ1n) is 10.0. The summed E-state index contributed by atoms with van der Waals surface area (Å²) in [5.74, 6) is -0.440. The standard InChI is InChI=1S/C25H21BrN2O4S/c1-3-19-6-4-5-7-23(19)28-25(29)20(16-27)14-18-10-13-24(22(26)15-18)32-33(30,31)21-11-8-17(2)9-12-21/h4-15H,3H2,1-2H3,(H,28,29)/b20-14+. The summed E-state index contributed by atoms with van der Waals surface area (Å²) in [5.41, 5.74) is 2.98. The molecule has 0 saturated heterocycles. The summed E-state index contributed by atoms with van der Waals surface area (Å²) < 4.78 is 30.7. The van der Waals surface area contributed by atoms with Crippen LogP contribution in [0.4, 0.5) is 5.69 Å². The largest absolute Gasteiger partial charge is 0.378 e. The highest BCUT2D eigenvalue weighted by molar-refractivity contribution is 9.10. The Morgan fingerprint density at radius 2 is 1.82 bits per heavy atom. The predicted octanol–water partition coefficient (Wildman–Crippen LogP) is 5.63. The van der Waals surface area contributed by atoms with Crippen LogP contribution in [0.3, 0.4) is 0 Å². The van der Waals surface area contributed by atoms with Gasteiger partial charge in [0, 0.05) is 5.69 Å². The van der Waals surface area contributed by atoms with Crippen LogP contribution in [0.2, 0.25) is 0 Å². The molecule has 1 N–H and O–H groups in total. The lowest BCUT2D eigenvalue weighted by Crippen LogP contribution is -2.14. The molecular weight excluding hydrogens is 504 g/mol. The molecule has 0 atom stereocenters. The van der Waals surface area contributed by atoms with E-state index < -0.39 is 16.0 Å². The van der Waals surface area contributed by atoms with E-state index in [9.17, 15) is 18.5 Å². The number of carbonyl (C=O) groups is 1. The van der Waals surface area contributed by atoms with Gasteiger partial charge < -0.3 is 9.50 Å². The topological polar surface area (TPSA) is 96.3 Å². The summed E-state index contributed by atoms with van der Waals surface area (Å²) in [6.45, 7) is 3.84. The van der Waals surface area contributed by atoms with Crippen molar-refractivity contribution in [1.29, 1.82) is 5.26 Å². The molecule has 0 spiro atoms. The molecule has 168 valence electrons. The van der Waals surface area contributed by atoms with E-state index in [2.05, 4.69) is 21.2 Å². The molecule has 0 aromatic heterocycles. The Hall–Kier alpha value is -3.41. The Morgan fingerprint density at radius 1 is 1.12 bits per heavy atom. The number of hydrogen-bond acceptors (Lipinski definition) is 5. The van der Waals surface area contributed by atoms with Crippen molar-refractivity contribution < 1.29 is 17.4 Å². The van der Waals surface area contributed by atoms with Crippen molar-refractivity contribution in [1.82, 2.24) is 0 Å². The molecule has 0 saturated carbocycles. The van der Waals surface area contributed by atoms with E-state index in [0.717, 1.165) is 17.5 Å². The first-order chi connectivity index (χ1) is 15.7. The number of benzene rings is 3. The second kappa shape index (κ2) is 10.5. The van der Waals surface area contributed by atoms with Crippen LogP contribution in [0.5, 0.6) is 5.75 Å². The fraction of sp³-hybridized carbons (Fsp3) is 0.120. The van der Waals surface area contributed by atoms with Gasteiger partial charge in [0.2, 0.25) is 0 Å². The zero-order chi connectivity index (χ0) is 24.0. The number of carbonyl (C=O) groups excluding carboxylic acids is 1. The number of nitriles is 1. The fourth-order valence-corrected chi connectivity index (χ4v) is 4.53. The number of anilines is 1. The van der Waals surface area contributed by atoms with Crippen molar-refractivity contribution in [3.8, 4) is 11.8 Å². The number of halogens is 1. The van der Waals surface area contributed by atoms with Crippen molar-refractivity contribution in [2.24, 2.45) is 0 Å². The number of nitrogens with zero attached hydrogens (tertiary/aromatic N) is 1. The fourth-order valence-electron chi connectivity index (χ4n) is 3.00. The highest BCUT2D eigenvalue weighted by atomic mass is 79.9. The average molecular weight is 525 g/mol. The quantitative estimate of drug-likeness (QED) is 0.245. The Labute approximate surface area is 201 Å². The molecule has 0 bridgehead atoms. The lowest BCUT2D eigenvalue weighted by Gasteiger charge is -2.10. The molecule has 1 amide bonds. The van der Waals surface area contributed by atoms with E-state index >= 15 is 0 Å². The lowest BCUT2D eigenvalue weighted by atomic mass is 10.1. The van der Waals surface area contributed by atoms with Gasteiger partial charge in [0.05, 0.1) is 4.47 Å². The van der Waals surface area contributed by atoms with Gasteiger partial charge in [-0.3, -0.25) is 4.79 Å². The van der Waals surface area contributed by atoms with E-state index in [1.54, 1.807) is 30.3 Å². The summed E-state index contributed by atoms with van der Waals surface area (Å²) >= 11 is 3.30. The molecule has 6 nitrogen and oxygen atoms in total. The number of aryl methyl sites for hydroxylation is 2. The molecule has 3 rings (SSSR count). The number of nitrogens with one attached hydrogen (secondary N) is 1. The molecule has 33 heavy (non-hydrogen) atoms. The van der Waals surface area contributed by atoms with Gasteiger partial charge >= 0.3 is 10.1 Å². The van der Waals surface area contributed by atoms with Gasteiger partial charge in [0.1, 0.15) is 16.5 Å². The minimum absolute atomic E-state index is 0.0415.